The zero-order valence-corrected chi connectivity index (χ0v) is 17.1. The molecule has 2 aromatic carbocycles. The Hall–Kier alpha value is -1.62. The van der Waals surface area contributed by atoms with Crippen LogP contribution in [0.3, 0.4) is 0 Å². The van der Waals surface area contributed by atoms with Gasteiger partial charge in [-0.3, -0.25) is 0 Å². The van der Waals surface area contributed by atoms with Gasteiger partial charge in [0.15, 0.2) is 0 Å². The highest BCUT2D eigenvalue weighted by molar-refractivity contribution is 14.1. The molecule has 0 aliphatic heterocycles. The molecule has 2 rings (SSSR count). The van der Waals surface area contributed by atoms with E-state index in [1.165, 1.54) is 24.0 Å². The Morgan fingerprint density at radius 1 is 1.00 bits per heavy atom. The molecule has 0 amide bonds. The van der Waals surface area contributed by atoms with E-state index < -0.39 is 5.97 Å². The summed E-state index contributed by atoms with van der Waals surface area (Å²) < 4.78 is 0.454. The van der Waals surface area contributed by atoms with Crippen LogP contribution < -0.4 is 0 Å². The van der Waals surface area contributed by atoms with Crippen LogP contribution in [0.4, 0.5) is 0 Å². The fraction of sp³-hybridized carbons (Fsp3) is 0.318. The highest BCUT2D eigenvalue weighted by atomic mass is 127. The molecule has 0 saturated heterocycles. The molecule has 0 bridgehead atoms. The van der Waals surface area contributed by atoms with Gasteiger partial charge in [0.2, 0.25) is 0 Å². The molecule has 0 unspecified atom stereocenters. The van der Waals surface area contributed by atoms with E-state index in [2.05, 4.69) is 90.2 Å². The van der Waals surface area contributed by atoms with Crippen LogP contribution in [0, 0.1) is 0 Å². The van der Waals surface area contributed by atoms with Crippen LogP contribution in [0.15, 0.2) is 72.3 Å². The minimum Gasteiger partial charge on any atom is -0.478 e. The molecule has 0 radical (unpaired) electrons. The summed E-state index contributed by atoms with van der Waals surface area (Å²) in [6.07, 6.45) is 6.15. The predicted molar refractivity (Wildman–Crippen MR) is 114 cm³/mol. The zero-order valence-electron chi connectivity index (χ0n) is 15.0. The molecule has 0 atom stereocenters. The lowest BCUT2D eigenvalue weighted by Gasteiger charge is -2.09. The number of aliphatic carboxylic acids is 1. The maximum absolute atomic E-state index is 10.3. The topological polar surface area (TPSA) is 37.3 Å². The fourth-order valence-corrected chi connectivity index (χ4v) is 3.07. The van der Waals surface area contributed by atoms with Crippen LogP contribution in [0.5, 0.6) is 0 Å². The number of hydrogen-bond acceptors (Lipinski definition) is 1. The number of carbonyl (C=O) groups is 1. The number of rotatable bonds is 7. The van der Waals surface area contributed by atoms with Gasteiger partial charge in [-0.1, -0.05) is 109 Å². The van der Waals surface area contributed by atoms with Crippen molar-refractivity contribution in [1.29, 1.82) is 0 Å². The number of carboxylic acids is 1. The van der Waals surface area contributed by atoms with E-state index in [1.54, 1.807) is 13.0 Å². The van der Waals surface area contributed by atoms with Gasteiger partial charge in [-0.25, -0.2) is 4.79 Å². The van der Waals surface area contributed by atoms with E-state index in [-0.39, 0.29) is 0 Å². The standard InChI is InChI=1S/C13H11I.C9H16O2/c14-13(11-7-3-1-4-8-11)12-9-5-2-6-10-12;1-3-4-5-6-7-8(2)9(10)11/h1-10,13H;7H,3-6H2,1-2H3,(H,10,11). The Bertz CT molecular complexity index is 596. The summed E-state index contributed by atoms with van der Waals surface area (Å²) >= 11 is 2.47. The van der Waals surface area contributed by atoms with E-state index in [9.17, 15) is 4.79 Å². The minimum atomic E-state index is -0.804. The van der Waals surface area contributed by atoms with Crippen LogP contribution in [-0.2, 0) is 4.79 Å². The Kier molecular flexibility index (Phi) is 10.9. The van der Waals surface area contributed by atoms with Gasteiger partial charge in [-0.05, 0) is 30.9 Å². The third-order valence-corrected chi connectivity index (χ3v) is 5.22. The molecular weight excluding hydrogens is 423 g/mol. The summed E-state index contributed by atoms with van der Waals surface area (Å²) in [4.78, 5) is 10.3. The Morgan fingerprint density at radius 3 is 1.88 bits per heavy atom. The van der Waals surface area contributed by atoms with Crippen molar-refractivity contribution >= 4 is 28.6 Å². The first-order valence-corrected chi connectivity index (χ1v) is 9.94. The third-order valence-electron chi connectivity index (χ3n) is 3.78. The highest BCUT2D eigenvalue weighted by Gasteiger charge is 2.07. The number of carboxylic acid groups (broad SMARTS) is 1. The molecule has 0 aromatic heterocycles. The van der Waals surface area contributed by atoms with Crippen LogP contribution in [-0.4, -0.2) is 11.1 Å². The molecule has 3 heteroatoms. The second-order valence-electron chi connectivity index (χ2n) is 5.87. The molecule has 134 valence electrons. The average molecular weight is 450 g/mol. The van der Waals surface area contributed by atoms with Crippen molar-refractivity contribution in [3.05, 3.63) is 83.4 Å². The van der Waals surface area contributed by atoms with Gasteiger partial charge >= 0.3 is 5.97 Å². The molecule has 2 nitrogen and oxygen atoms in total. The monoisotopic (exact) mass is 450 g/mol. The molecule has 0 saturated carbocycles. The first kappa shape index (κ1) is 21.4. The molecular formula is C22H27IO2. The summed E-state index contributed by atoms with van der Waals surface area (Å²) in [6.45, 7) is 3.77. The maximum Gasteiger partial charge on any atom is 0.330 e. The van der Waals surface area contributed by atoms with Crippen molar-refractivity contribution in [1.82, 2.24) is 0 Å². The van der Waals surface area contributed by atoms with E-state index in [4.69, 9.17) is 5.11 Å². The van der Waals surface area contributed by atoms with Gasteiger partial charge in [0, 0.05) is 5.57 Å². The average Bonchev–Trinajstić information content (AvgIpc) is 2.66. The smallest absolute Gasteiger partial charge is 0.330 e. The normalized spacial score (nSPS) is 11.0. The molecule has 1 N–H and O–H groups in total. The van der Waals surface area contributed by atoms with Crippen molar-refractivity contribution in [3.63, 3.8) is 0 Å². The number of allylic oxidation sites excluding steroid dienone is 1. The first-order chi connectivity index (χ1) is 12.1. The quantitative estimate of drug-likeness (QED) is 0.218. The van der Waals surface area contributed by atoms with Crippen molar-refractivity contribution in [2.24, 2.45) is 0 Å². The number of alkyl halides is 1. The van der Waals surface area contributed by atoms with Gasteiger partial charge in [0.1, 0.15) is 0 Å². The number of unbranched alkanes of at least 4 members (excludes halogenated alkanes) is 3. The predicted octanol–water partition coefficient (Wildman–Crippen LogP) is 6.81. The summed E-state index contributed by atoms with van der Waals surface area (Å²) in [5.74, 6) is -0.804. The second-order valence-corrected chi connectivity index (χ2v) is 7.12. The number of benzene rings is 2. The fourth-order valence-electron chi connectivity index (χ4n) is 2.24. The molecule has 0 aliphatic carbocycles. The minimum absolute atomic E-state index is 0.454. The lowest BCUT2D eigenvalue weighted by Crippen LogP contribution is -1.95. The maximum atomic E-state index is 10.3. The van der Waals surface area contributed by atoms with Crippen LogP contribution in [0.25, 0.3) is 0 Å². The van der Waals surface area contributed by atoms with Crippen LogP contribution in [0.1, 0.15) is 54.6 Å². The van der Waals surface area contributed by atoms with Crippen molar-refractivity contribution in [2.45, 2.75) is 43.5 Å². The van der Waals surface area contributed by atoms with Crippen LogP contribution >= 0.6 is 22.6 Å². The lowest BCUT2D eigenvalue weighted by atomic mass is 10.1. The zero-order chi connectivity index (χ0) is 18.5. The number of hydrogen-bond donors (Lipinski definition) is 1. The molecule has 0 heterocycles. The lowest BCUT2D eigenvalue weighted by molar-refractivity contribution is -0.132. The molecule has 2 aromatic rings. The molecule has 25 heavy (non-hydrogen) atoms. The second kappa shape index (κ2) is 12.7. The summed E-state index contributed by atoms with van der Waals surface area (Å²) in [6, 6.07) is 21.1. The number of halogens is 1. The van der Waals surface area contributed by atoms with Gasteiger partial charge in [0.25, 0.3) is 0 Å². The summed E-state index contributed by atoms with van der Waals surface area (Å²) in [7, 11) is 0. The van der Waals surface area contributed by atoms with E-state index >= 15 is 0 Å². The van der Waals surface area contributed by atoms with Crippen molar-refractivity contribution < 1.29 is 9.90 Å². The molecule has 0 aliphatic rings. The highest BCUT2D eigenvalue weighted by Crippen LogP contribution is 2.30. The van der Waals surface area contributed by atoms with Crippen molar-refractivity contribution in [3.8, 4) is 0 Å². The summed E-state index contributed by atoms with van der Waals surface area (Å²) in [5.41, 5.74) is 3.18. The molecule has 0 spiro atoms. The van der Waals surface area contributed by atoms with Crippen LogP contribution in [0.2, 0.25) is 0 Å². The Balaban J connectivity index is 0.000000260. The van der Waals surface area contributed by atoms with Gasteiger partial charge in [-0.2, -0.15) is 0 Å². The van der Waals surface area contributed by atoms with E-state index in [1.807, 2.05) is 0 Å². The Morgan fingerprint density at radius 2 is 1.48 bits per heavy atom. The van der Waals surface area contributed by atoms with E-state index in [0.29, 0.717) is 9.50 Å². The van der Waals surface area contributed by atoms with Gasteiger partial charge in [-0.15, -0.1) is 0 Å². The largest absolute Gasteiger partial charge is 0.478 e. The van der Waals surface area contributed by atoms with Gasteiger partial charge in [0.05, 0.1) is 3.92 Å². The third kappa shape index (κ3) is 8.87. The SMILES string of the molecule is CCCCCC=C(C)C(=O)O.IC(c1ccccc1)c1ccccc1. The summed E-state index contributed by atoms with van der Waals surface area (Å²) in [5, 5.41) is 8.47. The molecule has 0 fully saturated rings. The Labute approximate surface area is 165 Å². The van der Waals surface area contributed by atoms with E-state index in [0.717, 1.165) is 12.8 Å². The first-order valence-electron chi connectivity index (χ1n) is 8.70. The van der Waals surface area contributed by atoms with Crippen molar-refractivity contribution in [2.75, 3.05) is 0 Å². The van der Waals surface area contributed by atoms with Gasteiger partial charge < -0.3 is 5.11 Å².